The van der Waals surface area contributed by atoms with E-state index in [0.717, 1.165) is 70.4 Å². The van der Waals surface area contributed by atoms with Crippen molar-refractivity contribution in [1.29, 1.82) is 0 Å². The summed E-state index contributed by atoms with van der Waals surface area (Å²) in [5.74, 6) is 0.231. The first-order valence-electron chi connectivity index (χ1n) is 18.9. The fraction of sp³-hybridized carbons (Fsp3) is 0.488. The number of morpholine rings is 1. The van der Waals surface area contributed by atoms with Gasteiger partial charge in [0.2, 0.25) is 10.0 Å². The number of ether oxygens (including phenoxy) is 2. The van der Waals surface area contributed by atoms with Crippen molar-refractivity contribution in [3.63, 3.8) is 0 Å². The van der Waals surface area contributed by atoms with E-state index in [1.54, 1.807) is 33.4 Å². The zero-order chi connectivity index (χ0) is 37.8. The molecule has 0 spiro atoms. The Balaban J connectivity index is 1.46. The lowest BCUT2D eigenvalue weighted by atomic mass is 9.81. The third-order valence-corrected chi connectivity index (χ3v) is 12.7. The number of hydrogen-bond donors (Lipinski definition) is 1. The fourth-order valence-corrected chi connectivity index (χ4v) is 8.96. The number of allylic oxidation sites excluding steroid dienone is 1. The lowest BCUT2D eigenvalue weighted by Crippen LogP contribution is -2.48. The molecule has 1 N–H and O–H groups in total. The van der Waals surface area contributed by atoms with Crippen LogP contribution in [-0.2, 0) is 21.3 Å². The molecule has 11 nitrogen and oxygen atoms in total. The number of rotatable bonds is 8. The van der Waals surface area contributed by atoms with E-state index in [9.17, 15) is 18.0 Å². The van der Waals surface area contributed by atoms with Gasteiger partial charge in [-0.1, -0.05) is 25.3 Å². The first-order valence-corrected chi connectivity index (χ1v) is 20.4. The number of hydrogen-bond acceptors (Lipinski definition) is 7. The molecule has 12 heteroatoms. The third kappa shape index (κ3) is 6.91. The van der Waals surface area contributed by atoms with Crippen LogP contribution >= 0.6 is 0 Å². The normalized spacial score (nSPS) is 19.6. The van der Waals surface area contributed by atoms with Crippen molar-refractivity contribution in [3.8, 4) is 17.0 Å². The smallest absolute Gasteiger partial charge is 0.274 e. The second-order valence-corrected chi connectivity index (χ2v) is 17.7. The van der Waals surface area contributed by atoms with Crippen LogP contribution < -0.4 is 9.46 Å². The van der Waals surface area contributed by atoms with E-state index in [1.165, 1.54) is 12.0 Å². The number of carbonyl (C=O) groups excluding carboxylic acids is 2. The molecule has 4 heterocycles. The number of methoxy groups -OCH3 is 1. The maximum Gasteiger partial charge on any atom is 0.274 e. The molecule has 2 fully saturated rings. The summed E-state index contributed by atoms with van der Waals surface area (Å²) in [5, 5.41) is 0.286. The van der Waals surface area contributed by atoms with Crippen molar-refractivity contribution in [1.82, 2.24) is 23.7 Å². The van der Waals surface area contributed by atoms with Gasteiger partial charge in [0.1, 0.15) is 5.75 Å². The number of sulfonamides is 1. The highest BCUT2D eigenvalue weighted by Crippen LogP contribution is 2.48. The predicted octanol–water partition coefficient (Wildman–Crippen LogP) is 7.41. The maximum atomic E-state index is 14.4. The second kappa shape index (κ2) is 14.4. The summed E-state index contributed by atoms with van der Waals surface area (Å²) in [6, 6.07) is 11.7. The van der Waals surface area contributed by atoms with Crippen LogP contribution in [0.3, 0.4) is 0 Å². The van der Waals surface area contributed by atoms with Crippen molar-refractivity contribution in [2.24, 2.45) is 0 Å². The largest absolute Gasteiger partial charge is 0.497 e. The van der Waals surface area contributed by atoms with Crippen LogP contribution in [0.1, 0.15) is 123 Å². The van der Waals surface area contributed by atoms with Gasteiger partial charge < -0.3 is 23.5 Å². The Hall–Kier alpha value is -4.42. The van der Waals surface area contributed by atoms with Gasteiger partial charge in [-0.25, -0.2) is 18.1 Å². The molecule has 2 aliphatic heterocycles. The van der Waals surface area contributed by atoms with Crippen LogP contribution in [0, 0.1) is 0 Å². The molecule has 2 amide bonds. The quantitative estimate of drug-likeness (QED) is 0.199. The van der Waals surface area contributed by atoms with Crippen molar-refractivity contribution in [3.05, 3.63) is 70.8 Å². The SMILES string of the molecule is COc1ccc2c(c1)C=C(c1c(C(=O)N3C[C@@H](C)O[C@@H](C)C3)ncn1C(C)C)Cn1c-2c(C2CCCCC2)c2ccc(C(=O)NS(=O)(=O)C(C)C)cc21. The predicted molar refractivity (Wildman–Crippen MR) is 208 cm³/mol. The van der Waals surface area contributed by atoms with Crippen LogP contribution in [0.2, 0.25) is 0 Å². The third-order valence-electron chi connectivity index (χ3n) is 11.0. The molecule has 1 saturated heterocycles. The molecule has 2 aromatic heterocycles. The Morgan fingerprint density at radius 2 is 1.68 bits per heavy atom. The average molecular weight is 742 g/mol. The summed E-state index contributed by atoms with van der Waals surface area (Å²) in [5.41, 5.74) is 7.44. The van der Waals surface area contributed by atoms with Gasteiger partial charge in [-0.2, -0.15) is 0 Å². The molecular formula is C41H51N5O6S. The molecule has 0 bridgehead atoms. The number of aromatic nitrogens is 3. The molecule has 0 radical (unpaired) electrons. The highest BCUT2D eigenvalue weighted by molar-refractivity contribution is 7.90. The van der Waals surface area contributed by atoms with Gasteiger partial charge in [0.25, 0.3) is 11.8 Å². The average Bonchev–Trinajstić information content (AvgIpc) is 3.66. The van der Waals surface area contributed by atoms with Crippen molar-refractivity contribution < 1.29 is 27.5 Å². The van der Waals surface area contributed by atoms with Crippen LogP contribution in [-0.4, -0.2) is 76.9 Å². The lowest BCUT2D eigenvalue weighted by molar-refractivity contribution is -0.0587. The van der Waals surface area contributed by atoms with Gasteiger partial charge in [0.05, 0.1) is 48.8 Å². The van der Waals surface area contributed by atoms with Gasteiger partial charge >= 0.3 is 0 Å². The molecule has 7 rings (SSSR count). The van der Waals surface area contributed by atoms with Crippen LogP contribution in [0.5, 0.6) is 5.75 Å². The molecule has 1 saturated carbocycles. The summed E-state index contributed by atoms with van der Waals surface area (Å²) in [6.45, 7) is 12.6. The Bertz CT molecular complexity index is 2200. The van der Waals surface area contributed by atoms with Gasteiger partial charge in [0.15, 0.2) is 5.69 Å². The number of carbonyl (C=O) groups is 2. The van der Waals surface area contributed by atoms with E-state index in [0.29, 0.717) is 31.2 Å². The topological polar surface area (TPSA) is 125 Å². The van der Waals surface area contributed by atoms with E-state index in [-0.39, 0.29) is 29.7 Å². The van der Waals surface area contributed by atoms with E-state index in [2.05, 4.69) is 39.8 Å². The Kier molecular flexibility index (Phi) is 10.1. The van der Waals surface area contributed by atoms with E-state index < -0.39 is 21.2 Å². The highest BCUT2D eigenvalue weighted by Gasteiger charge is 2.34. The standard InChI is InChI=1S/C41H51N5O6S/c1-24(2)46-23-42-37(41(48)44-20-26(5)52-27(6)21-44)38(46)31-17-30-18-32(51-7)14-16-33(30)39-36(28-11-9-8-10-12-28)34-15-13-29(19-35(34)45(39)22-31)40(47)43-53(49,50)25(3)4/h13-19,23-28H,8-12,20-22H2,1-7H3,(H,43,47)/t26-,27+. The van der Waals surface area contributed by atoms with Gasteiger partial charge in [0, 0.05) is 41.2 Å². The molecule has 1 aliphatic carbocycles. The summed E-state index contributed by atoms with van der Waals surface area (Å²) in [7, 11) is -2.18. The zero-order valence-electron chi connectivity index (χ0n) is 31.8. The Morgan fingerprint density at radius 1 is 0.962 bits per heavy atom. The highest BCUT2D eigenvalue weighted by atomic mass is 32.2. The van der Waals surface area contributed by atoms with Gasteiger partial charge in [-0.15, -0.1) is 0 Å². The summed E-state index contributed by atoms with van der Waals surface area (Å²) >= 11 is 0. The summed E-state index contributed by atoms with van der Waals surface area (Å²) in [6.07, 6.45) is 9.33. The Morgan fingerprint density at radius 3 is 2.34 bits per heavy atom. The van der Waals surface area contributed by atoms with Crippen molar-refractivity contribution in [2.45, 2.75) is 110 Å². The monoisotopic (exact) mass is 741 g/mol. The molecule has 4 aromatic rings. The number of fused-ring (bicyclic) bond motifs is 5. The zero-order valence-corrected chi connectivity index (χ0v) is 32.6. The van der Waals surface area contributed by atoms with Crippen LogP contribution in [0.15, 0.2) is 42.7 Å². The number of amides is 2. The number of nitrogens with one attached hydrogen (secondary N) is 1. The van der Waals surface area contributed by atoms with Crippen molar-refractivity contribution in [2.75, 3.05) is 20.2 Å². The first kappa shape index (κ1) is 36.9. The minimum Gasteiger partial charge on any atom is -0.497 e. The first-order chi connectivity index (χ1) is 25.3. The molecular weight excluding hydrogens is 691 g/mol. The van der Waals surface area contributed by atoms with E-state index in [1.807, 2.05) is 43.0 Å². The van der Waals surface area contributed by atoms with Crippen LogP contribution in [0.4, 0.5) is 0 Å². The summed E-state index contributed by atoms with van der Waals surface area (Å²) in [4.78, 5) is 34.6. The van der Waals surface area contributed by atoms with E-state index in [4.69, 9.17) is 14.5 Å². The van der Waals surface area contributed by atoms with E-state index >= 15 is 0 Å². The molecule has 0 unspecified atom stereocenters. The molecule has 3 aliphatic rings. The van der Waals surface area contributed by atoms with Gasteiger partial charge in [-0.3, -0.25) is 9.59 Å². The number of nitrogens with zero attached hydrogens (tertiary/aromatic N) is 4. The minimum atomic E-state index is -3.84. The molecule has 2 aromatic carbocycles. The van der Waals surface area contributed by atoms with Crippen molar-refractivity contribution >= 4 is 44.4 Å². The summed E-state index contributed by atoms with van der Waals surface area (Å²) < 4.78 is 43.8. The lowest BCUT2D eigenvalue weighted by Gasteiger charge is -2.35. The number of benzene rings is 2. The Labute approximate surface area is 312 Å². The van der Waals surface area contributed by atoms with Gasteiger partial charge in [-0.05, 0) is 113 Å². The second-order valence-electron chi connectivity index (χ2n) is 15.5. The fourth-order valence-electron chi connectivity index (χ4n) is 8.35. The molecule has 2 atom stereocenters. The van der Waals surface area contributed by atoms with Crippen LogP contribution in [0.25, 0.3) is 33.8 Å². The molecule has 282 valence electrons. The minimum absolute atomic E-state index is 0.00685. The number of imidazole rings is 1. The molecule has 53 heavy (non-hydrogen) atoms. The maximum absolute atomic E-state index is 14.4.